The molecule has 0 radical (unpaired) electrons. The fourth-order valence-corrected chi connectivity index (χ4v) is 2.97. The molecule has 0 aromatic heterocycles. The molecule has 20 heavy (non-hydrogen) atoms. The molecule has 1 atom stereocenters. The van der Waals surface area contributed by atoms with Crippen molar-refractivity contribution in [1.29, 1.82) is 0 Å². The van der Waals surface area contributed by atoms with Crippen LogP contribution in [-0.2, 0) is 11.2 Å². The van der Waals surface area contributed by atoms with Crippen molar-refractivity contribution >= 4 is 27.5 Å². The molecular weight excluding hydrogens is 326 g/mol. The molecule has 0 spiro atoms. The van der Waals surface area contributed by atoms with Gasteiger partial charge in [0.15, 0.2) is 0 Å². The van der Waals surface area contributed by atoms with Gasteiger partial charge in [0.1, 0.15) is 0 Å². The Morgan fingerprint density at radius 3 is 2.90 bits per heavy atom. The zero-order valence-corrected chi connectivity index (χ0v) is 12.5. The highest BCUT2D eigenvalue weighted by Gasteiger charge is 2.27. The minimum Gasteiger partial charge on any atom is -0.338 e. The molecule has 0 aliphatic carbocycles. The third kappa shape index (κ3) is 3.16. The van der Waals surface area contributed by atoms with Gasteiger partial charge in [-0.1, -0.05) is 22.0 Å². The standard InChI is InChI=1S/C13H16BrN3O3/c14-12-7-10(17(19)20)4-3-9(12)6-13(18)16-5-1-2-11(16)8-15/h3-4,7,11H,1-2,5-6,8,15H2. The van der Waals surface area contributed by atoms with Crippen LogP contribution in [0.4, 0.5) is 5.69 Å². The van der Waals surface area contributed by atoms with Gasteiger partial charge in [-0.25, -0.2) is 0 Å². The van der Waals surface area contributed by atoms with E-state index in [1.807, 2.05) is 4.90 Å². The third-order valence-corrected chi connectivity index (χ3v) is 4.30. The van der Waals surface area contributed by atoms with E-state index in [4.69, 9.17) is 5.73 Å². The lowest BCUT2D eigenvalue weighted by Gasteiger charge is -2.23. The molecule has 7 heteroatoms. The Labute approximate surface area is 125 Å². The van der Waals surface area contributed by atoms with Crippen molar-refractivity contribution in [2.75, 3.05) is 13.1 Å². The number of rotatable bonds is 4. The van der Waals surface area contributed by atoms with Gasteiger partial charge >= 0.3 is 0 Å². The van der Waals surface area contributed by atoms with Crippen LogP contribution in [0.15, 0.2) is 22.7 Å². The van der Waals surface area contributed by atoms with Gasteiger partial charge in [-0.05, 0) is 18.4 Å². The number of nitrogens with zero attached hydrogens (tertiary/aromatic N) is 2. The lowest BCUT2D eigenvalue weighted by Crippen LogP contribution is -2.40. The zero-order valence-electron chi connectivity index (χ0n) is 10.9. The van der Waals surface area contributed by atoms with Crippen LogP contribution in [0.25, 0.3) is 0 Å². The normalized spacial score (nSPS) is 18.3. The maximum Gasteiger partial charge on any atom is 0.270 e. The van der Waals surface area contributed by atoms with Crippen LogP contribution >= 0.6 is 15.9 Å². The summed E-state index contributed by atoms with van der Waals surface area (Å²) in [5.41, 5.74) is 6.42. The second kappa shape index (κ2) is 6.32. The van der Waals surface area contributed by atoms with Crippen molar-refractivity contribution in [3.63, 3.8) is 0 Å². The SMILES string of the molecule is NCC1CCCN1C(=O)Cc1ccc([N+](=O)[O-])cc1Br. The first-order chi connectivity index (χ1) is 9.52. The van der Waals surface area contributed by atoms with E-state index in [1.54, 1.807) is 6.07 Å². The van der Waals surface area contributed by atoms with Gasteiger partial charge in [0.25, 0.3) is 5.69 Å². The summed E-state index contributed by atoms with van der Waals surface area (Å²) >= 11 is 3.28. The molecule has 0 bridgehead atoms. The molecule has 1 aromatic carbocycles. The van der Waals surface area contributed by atoms with Crippen LogP contribution in [-0.4, -0.2) is 34.9 Å². The lowest BCUT2D eigenvalue weighted by atomic mass is 10.1. The quantitative estimate of drug-likeness (QED) is 0.668. The molecule has 1 saturated heterocycles. The van der Waals surface area contributed by atoms with Crippen LogP contribution in [0.5, 0.6) is 0 Å². The molecule has 108 valence electrons. The van der Waals surface area contributed by atoms with Crippen molar-refractivity contribution in [2.45, 2.75) is 25.3 Å². The maximum atomic E-state index is 12.3. The third-order valence-electron chi connectivity index (χ3n) is 3.56. The Bertz CT molecular complexity index is 536. The van der Waals surface area contributed by atoms with E-state index >= 15 is 0 Å². The van der Waals surface area contributed by atoms with Gasteiger partial charge in [0.2, 0.25) is 5.91 Å². The van der Waals surface area contributed by atoms with E-state index in [0.29, 0.717) is 11.0 Å². The Kier molecular flexibility index (Phi) is 4.72. The van der Waals surface area contributed by atoms with Crippen LogP contribution in [0, 0.1) is 10.1 Å². The molecule has 1 fully saturated rings. The van der Waals surface area contributed by atoms with E-state index in [0.717, 1.165) is 24.9 Å². The summed E-state index contributed by atoms with van der Waals surface area (Å²) in [5, 5.41) is 10.7. The van der Waals surface area contributed by atoms with Crippen LogP contribution in [0.1, 0.15) is 18.4 Å². The van der Waals surface area contributed by atoms with E-state index in [-0.39, 0.29) is 24.1 Å². The zero-order chi connectivity index (χ0) is 14.7. The molecule has 1 heterocycles. The summed E-state index contributed by atoms with van der Waals surface area (Å²) in [4.78, 5) is 24.3. The van der Waals surface area contributed by atoms with Crippen LogP contribution < -0.4 is 5.73 Å². The van der Waals surface area contributed by atoms with Gasteiger partial charge < -0.3 is 10.6 Å². The molecule has 6 nitrogen and oxygen atoms in total. The summed E-state index contributed by atoms with van der Waals surface area (Å²) < 4.78 is 0.587. The Morgan fingerprint density at radius 2 is 2.30 bits per heavy atom. The molecular formula is C13H16BrN3O3. The summed E-state index contributed by atoms with van der Waals surface area (Å²) in [7, 11) is 0. The summed E-state index contributed by atoms with van der Waals surface area (Å²) in [6.45, 7) is 1.22. The number of carbonyl (C=O) groups is 1. The molecule has 1 aliphatic heterocycles. The van der Waals surface area contributed by atoms with Crippen LogP contribution in [0.2, 0.25) is 0 Å². The molecule has 1 aliphatic rings. The molecule has 1 amide bonds. The van der Waals surface area contributed by atoms with Gasteiger partial charge in [0, 0.05) is 35.7 Å². The first kappa shape index (κ1) is 14.9. The first-order valence-corrected chi connectivity index (χ1v) is 7.24. The van der Waals surface area contributed by atoms with Gasteiger partial charge in [-0.3, -0.25) is 14.9 Å². The Hall–Kier alpha value is -1.47. The second-order valence-corrected chi connectivity index (χ2v) is 5.68. The maximum absolute atomic E-state index is 12.3. The van der Waals surface area contributed by atoms with Gasteiger partial charge in [-0.15, -0.1) is 0 Å². The molecule has 1 aromatic rings. The predicted octanol–water partition coefficient (Wildman–Crippen LogP) is 1.85. The van der Waals surface area contributed by atoms with Gasteiger partial charge in [0.05, 0.1) is 11.3 Å². The minimum absolute atomic E-state index is 0.00841. The van der Waals surface area contributed by atoms with Crippen LogP contribution in [0.3, 0.4) is 0 Å². The smallest absolute Gasteiger partial charge is 0.270 e. The highest BCUT2D eigenvalue weighted by Crippen LogP contribution is 2.25. The monoisotopic (exact) mass is 341 g/mol. The van der Waals surface area contributed by atoms with E-state index in [9.17, 15) is 14.9 Å². The topological polar surface area (TPSA) is 89.5 Å². The number of hydrogen-bond acceptors (Lipinski definition) is 4. The fourth-order valence-electron chi connectivity index (χ4n) is 2.47. The predicted molar refractivity (Wildman–Crippen MR) is 78.3 cm³/mol. The van der Waals surface area contributed by atoms with E-state index in [1.165, 1.54) is 12.1 Å². The minimum atomic E-state index is -0.457. The van der Waals surface area contributed by atoms with Crippen molar-refractivity contribution in [3.05, 3.63) is 38.3 Å². The number of benzene rings is 1. The highest BCUT2D eigenvalue weighted by atomic mass is 79.9. The largest absolute Gasteiger partial charge is 0.338 e. The number of amides is 1. The second-order valence-electron chi connectivity index (χ2n) is 4.83. The number of nitrogens with two attached hydrogens (primary N) is 1. The first-order valence-electron chi connectivity index (χ1n) is 6.45. The average Bonchev–Trinajstić information content (AvgIpc) is 2.89. The van der Waals surface area contributed by atoms with Crippen molar-refractivity contribution < 1.29 is 9.72 Å². The van der Waals surface area contributed by atoms with E-state index < -0.39 is 4.92 Å². The van der Waals surface area contributed by atoms with Crippen molar-refractivity contribution in [1.82, 2.24) is 4.90 Å². The number of non-ortho nitro benzene ring substituents is 1. The number of likely N-dealkylation sites (tertiary alicyclic amines) is 1. The number of nitro groups is 1. The number of nitro benzene ring substituents is 1. The molecule has 0 saturated carbocycles. The van der Waals surface area contributed by atoms with E-state index in [2.05, 4.69) is 15.9 Å². The summed E-state index contributed by atoms with van der Waals surface area (Å²) in [6, 6.07) is 4.58. The number of hydrogen-bond donors (Lipinski definition) is 1. The Balaban J connectivity index is 2.10. The lowest BCUT2D eigenvalue weighted by molar-refractivity contribution is -0.384. The molecule has 1 unspecified atom stereocenters. The van der Waals surface area contributed by atoms with Gasteiger partial charge in [-0.2, -0.15) is 0 Å². The molecule has 2 rings (SSSR count). The number of halogens is 1. The summed E-state index contributed by atoms with van der Waals surface area (Å²) in [5.74, 6) is 0.0208. The fraction of sp³-hybridized carbons (Fsp3) is 0.462. The summed E-state index contributed by atoms with van der Waals surface area (Å²) in [6.07, 6.45) is 2.16. The average molecular weight is 342 g/mol. The highest BCUT2D eigenvalue weighted by molar-refractivity contribution is 9.10. The molecule has 2 N–H and O–H groups in total. The number of carbonyl (C=O) groups excluding carboxylic acids is 1. The van der Waals surface area contributed by atoms with Crippen molar-refractivity contribution in [3.8, 4) is 0 Å². The van der Waals surface area contributed by atoms with Crippen molar-refractivity contribution in [2.24, 2.45) is 5.73 Å². The Morgan fingerprint density at radius 1 is 1.55 bits per heavy atom.